The Labute approximate surface area is 401 Å². The molecule has 3 heterocycles. The van der Waals surface area contributed by atoms with Crippen molar-refractivity contribution in [2.24, 2.45) is 17.8 Å². The normalized spacial score (nSPS) is 36.6. The second-order valence-corrected chi connectivity index (χ2v) is 19.5. The first-order chi connectivity index (χ1) is 31.5. The zero-order valence-electron chi connectivity index (χ0n) is 41.9. The van der Waals surface area contributed by atoms with Crippen LogP contribution in [0.1, 0.15) is 108 Å². The van der Waals surface area contributed by atoms with Gasteiger partial charge in [0.05, 0.1) is 36.7 Å². The highest BCUT2D eigenvalue weighted by atomic mass is 32.2. The third-order valence-corrected chi connectivity index (χ3v) is 12.3. The summed E-state index contributed by atoms with van der Waals surface area (Å²) in [5.74, 6) is -3.71. The number of nitrogens with zero attached hydrogens (tertiary/aromatic N) is 1. The number of methoxy groups -OCH3 is 1. The Morgan fingerprint density at radius 2 is 1.57 bits per heavy atom. The predicted octanol–water partition coefficient (Wildman–Crippen LogP) is 5.50. The van der Waals surface area contributed by atoms with Crippen LogP contribution in [0.4, 0.5) is 0 Å². The molecule has 67 heavy (non-hydrogen) atoms. The Kier molecular flexibility index (Phi) is 23.9. The highest BCUT2D eigenvalue weighted by molar-refractivity contribution is 7.98. The highest BCUT2D eigenvalue weighted by Crippen LogP contribution is 2.40. The van der Waals surface area contributed by atoms with Crippen LogP contribution in [-0.4, -0.2) is 160 Å². The second kappa shape index (κ2) is 27.7. The minimum atomic E-state index is -1.37. The highest BCUT2D eigenvalue weighted by Gasteiger charge is 2.55. The van der Waals surface area contributed by atoms with Gasteiger partial charge in [-0.1, -0.05) is 39.0 Å². The van der Waals surface area contributed by atoms with Crippen LogP contribution in [0.2, 0.25) is 0 Å². The van der Waals surface area contributed by atoms with E-state index < -0.39 is 127 Å². The Hall–Kier alpha value is -3.43. The van der Waals surface area contributed by atoms with Gasteiger partial charge >= 0.3 is 29.8 Å². The summed E-state index contributed by atoms with van der Waals surface area (Å²) in [6.45, 7) is 16.6. The predicted molar refractivity (Wildman–Crippen MR) is 246 cm³/mol. The molecular formula is C48H77NO17S. The summed E-state index contributed by atoms with van der Waals surface area (Å²) in [7, 11) is 4.93. The lowest BCUT2D eigenvalue weighted by Crippen LogP contribution is -2.66. The number of aldehydes is 1. The molecule has 0 aliphatic carbocycles. The zero-order valence-corrected chi connectivity index (χ0v) is 42.7. The molecule has 0 bridgehead atoms. The quantitative estimate of drug-likeness (QED) is 0.0763. The fraction of sp³-hybridized carbons (Fsp3) is 0.792. The first-order valence-electron chi connectivity index (χ1n) is 23.1. The van der Waals surface area contributed by atoms with E-state index in [1.165, 1.54) is 39.6 Å². The van der Waals surface area contributed by atoms with E-state index in [1.54, 1.807) is 53.1 Å². The van der Waals surface area contributed by atoms with Crippen LogP contribution in [0.25, 0.3) is 0 Å². The first-order valence-corrected chi connectivity index (χ1v) is 24.5. The first kappa shape index (κ1) is 57.9. The van der Waals surface area contributed by atoms with Gasteiger partial charge in [-0.15, -0.1) is 11.8 Å². The van der Waals surface area contributed by atoms with Crippen molar-refractivity contribution >= 4 is 47.9 Å². The summed E-state index contributed by atoms with van der Waals surface area (Å²) in [6.07, 6.45) is -1.47. The number of carbonyl (C=O) groups is 6. The smallest absolute Gasteiger partial charge is 0.309 e. The van der Waals surface area contributed by atoms with Gasteiger partial charge in [-0.25, -0.2) is 0 Å². The monoisotopic (exact) mass is 971 g/mol. The second-order valence-electron chi connectivity index (χ2n) is 18.6. The number of carbonyl (C=O) groups excluding carboxylic acids is 6. The fourth-order valence-electron chi connectivity index (χ4n) is 9.02. The van der Waals surface area contributed by atoms with E-state index >= 15 is 0 Å². The van der Waals surface area contributed by atoms with Gasteiger partial charge in [0, 0.05) is 53.6 Å². The van der Waals surface area contributed by atoms with Crippen molar-refractivity contribution in [3.63, 3.8) is 0 Å². The summed E-state index contributed by atoms with van der Waals surface area (Å²) in [5, 5.41) is 0. The Morgan fingerprint density at radius 1 is 0.896 bits per heavy atom. The van der Waals surface area contributed by atoms with E-state index in [9.17, 15) is 28.8 Å². The Morgan fingerprint density at radius 3 is 2.15 bits per heavy atom. The van der Waals surface area contributed by atoms with Gasteiger partial charge in [0.2, 0.25) is 0 Å². The van der Waals surface area contributed by atoms with Crippen molar-refractivity contribution in [1.29, 1.82) is 0 Å². The van der Waals surface area contributed by atoms with E-state index in [0.29, 0.717) is 18.6 Å². The molecule has 0 unspecified atom stereocenters. The molecule has 3 aliphatic rings. The number of likely N-dealkylation sites (N-methyl/N-ethyl adjacent to an activating group) is 1. The van der Waals surface area contributed by atoms with Crippen molar-refractivity contribution in [3.05, 3.63) is 24.3 Å². The molecule has 3 aliphatic heterocycles. The van der Waals surface area contributed by atoms with Gasteiger partial charge in [-0.2, -0.15) is 0 Å². The molecule has 382 valence electrons. The number of hydrogen-bond acceptors (Lipinski definition) is 19. The summed E-state index contributed by atoms with van der Waals surface area (Å²) < 4.78 is 68.6. The van der Waals surface area contributed by atoms with Crippen molar-refractivity contribution in [3.8, 4) is 0 Å². The third kappa shape index (κ3) is 17.8. The van der Waals surface area contributed by atoms with Crippen LogP contribution in [-0.2, 0) is 80.9 Å². The van der Waals surface area contributed by atoms with Gasteiger partial charge < -0.3 is 61.8 Å². The molecule has 0 aromatic rings. The van der Waals surface area contributed by atoms with Gasteiger partial charge in [-0.05, 0) is 78.3 Å². The van der Waals surface area contributed by atoms with Crippen molar-refractivity contribution in [1.82, 2.24) is 4.90 Å². The number of hydrogen-bond donors (Lipinski definition) is 0. The fourth-order valence-corrected chi connectivity index (χ4v) is 9.41. The molecule has 3 rings (SSSR count). The summed E-state index contributed by atoms with van der Waals surface area (Å²) in [5.41, 5.74) is -1.01. The molecule has 0 radical (unpaired) electrons. The molecule has 0 N–H and O–H groups in total. The van der Waals surface area contributed by atoms with Crippen LogP contribution in [0.3, 0.4) is 0 Å². The minimum absolute atomic E-state index is 0.0853. The van der Waals surface area contributed by atoms with E-state index in [2.05, 4.69) is 0 Å². The molecule has 16 atom stereocenters. The molecule has 18 nitrogen and oxygen atoms in total. The SMILES string of the molecule is CO[C@@H]1[C@@H](O[C@@H]2O[C@H](C)[C@@H](O[C@H]3C[C@@](C)(OCSC)[C@@H](OC(=O)CC(C)C)[C@H](C)O3)[C@H](N(C)C)[C@H]2OC(C)=O)[C@@H](CC=O)C[C@@H](C)[C@@H](OC(C)=O)/C=C/C=C/C[C@@H](C)OC(=O)C[C@H]1OC(C)=O. The molecule has 2 fully saturated rings. The van der Waals surface area contributed by atoms with Crippen LogP contribution in [0.5, 0.6) is 0 Å². The zero-order chi connectivity index (χ0) is 50.2. The maximum Gasteiger partial charge on any atom is 0.309 e. The van der Waals surface area contributed by atoms with E-state index in [0.717, 1.165) is 0 Å². The lowest BCUT2D eigenvalue weighted by atomic mass is 9.82. The Bertz CT molecular complexity index is 1680. The average Bonchev–Trinajstić information content (AvgIpc) is 3.20. The number of cyclic esters (lactones) is 1. The van der Waals surface area contributed by atoms with E-state index in [1.807, 2.05) is 44.9 Å². The summed E-state index contributed by atoms with van der Waals surface area (Å²) in [6, 6.07) is -0.764. The topological polar surface area (TPSA) is 207 Å². The van der Waals surface area contributed by atoms with Crippen LogP contribution >= 0.6 is 11.8 Å². The molecule has 19 heteroatoms. The maximum atomic E-state index is 13.5. The van der Waals surface area contributed by atoms with Crippen molar-refractivity contribution < 1.29 is 80.9 Å². The van der Waals surface area contributed by atoms with Gasteiger partial charge in [0.15, 0.2) is 24.8 Å². The number of rotatable bonds is 17. The minimum Gasteiger partial charge on any atom is -0.462 e. The molecule has 0 aromatic carbocycles. The third-order valence-electron chi connectivity index (χ3n) is 12.0. The lowest BCUT2D eigenvalue weighted by Gasteiger charge is -2.51. The van der Waals surface area contributed by atoms with Gasteiger partial charge in [0.25, 0.3) is 0 Å². The number of ether oxygens (including phenoxy) is 11. The maximum absolute atomic E-state index is 13.5. The van der Waals surface area contributed by atoms with Crippen molar-refractivity contribution in [2.75, 3.05) is 33.4 Å². The van der Waals surface area contributed by atoms with Crippen LogP contribution in [0.15, 0.2) is 24.3 Å². The van der Waals surface area contributed by atoms with Gasteiger partial charge in [-0.3, -0.25) is 24.0 Å². The standard InChI is InChI=1S/C48H77NO17S/c1-27(2)22-38(54)64-46-31(6)59-40(25-48(46,10)57-26-67-14)65-42-30(5)60-47(45(63-34(9)53)41(42)49(11)12)66-43-35(20-21-50)23-28(3)36(61-32(7)51)19-17-15-16-18-29(4)58-39(55)24-37(44(43)56-13)62-33(8)52/h15-17,19,21,27-31,35-37,40-47H,18,20,22-26H2,1-14H3/b16-15+,19-17+/t28-,29-,30-,31+,35+,36+,37-,40+,41+,42-,43+,44+,45-,46+,47+,48-/m1/s1. The number of esters is 5. The van der Waals surface area contributed by atoms with E-state index in [4.69, 9.17) is 52.1 Å². The van der Waals surface area contributed by atoms with Crippen molar-refractivity contribution in [2.45, 2.75) is 193 Å². The summed E-state index contributed by atoms with van der Waals surface area (Å²) >= 11 is 1.47. The molecule has 2 saturated heterocycles. The summed E-state index contributed by atoms with van der Waals surface area (Å²) in [4.78, 5) is 79.0. The molecule has 0 amide bonds. The largest absolute Gasteiger partial charge is 0.462 e. The number of allylic oxidation sites excluding steroid dienone is 2. The molecule has 0 saturated carbocycles. The molecule has 0 spiro atoms. The molecular weight excluding hydrogens is 895 g/mol. The number of thioether (sulfide) groups is 1. The van der Waals surface area contributed by atoms with Crippen LogP contribution in [0, 0.1) is 17.8 Å². The van der Waals surface area contributed by atoms with Crippen LogP contribution < -0.4 is 0 Å². The van der Waals surface area contributed by atoms with Gasteiger partial charge in [0.1, 0.15) is 42.4 Å². The Balaban J connectivity index is 2.15. The lowest BCUT2D eigenvalue weighted by molar-refractivity contribution is -0.346. The van der Waals surface area contributed by atoms with E-state index in [-0.39, 0.29) is 37.6 Å². The average molecular weight is 972 g/mol. The molecule has 0 aromatic heterocycles.